The van der Waals surface area contributed by atoms with Crippen LogP contribution in [0.15, 0.2) is 53.3 Å². The maximum absolute atomic E-state index is 14.2. The van der Waals surface area contributed by atoms with Crippen LogP contribution in [0.5, 0.6) is 11.5 Å². The maximum Gasteiger partial charge on any atom is 0.412 e. The second-order valence-corrected chi connectivity index (χ2v) is 12.0. The lowest BCUT2D eigenvalue weighted by molar-refractivity contribution is -0.157. The van der Waals surface area contributed by atoms with Gasteiger partial charge in [-0.3, -0.25) is 19.3 Å². The van der Waals surface area contributed by atoms with E-state index >= 15 is 0 Å². The number of nitrogens with one attached hydrogen (secondary N) is 1. The number of rotatable bonds is 6. The predicted molar refractivity (Wildman–Crippen MR) is 161 cm³/mol. The molecule has 0 spiro atoms. The van der Waals surface area contributed by atoms with Crippen LogP contribution < -0.4 is 26.4 Å². The van der Waals surface area contributed by atoms with Crippen molar-refractivity contribution >= 4 is 35.0 Å². The summed E-state index contributed by atoms with van der Waals surface area (Å²) in [5.74, 6) is -6.52. The second-order valence-electron chi connectivity index (χ2n) is 12.0. The highest BCUT2D eigenvalue weighted by Gasteiger charge is 2.71. The smallest absolute Gasteiger partial charge is 0.412 e. The Labute approximate surface area is 258 Å². The van der Waals surface area contributed by atoms with Gasteiger partial charge >= 0.3 is 6.09 Å². The molecule has 9 N–H and O–H groups in total. The average Bonchev–Trinajstić information content (AvgIpc) is 2.94. The summed E-state index contributed by atoms with van der Waals surface area (Å²) in [5.41, 5.74) is 6.70. The van der Waals surface area contributed by atoms with Gasteiger partial charge in [-0.05, 0) is 56.6 Å². The summed E-state index contributed by atoms with van der Waals surface area (Å²) in [5, 5.41) is 48.6. The van der Waals surface area contributed by atoms with Crippen LogP contribution in [-0.2, 0) is 27.3 Å². The van der Waals surface area contributed by atoms with Crippen LogP contribution in [0.25, 0.3) is 5.76 Å². The van der Waals surface area contributed by atoms with E-state index in [2.05, 4.69) is 5.32 Å². The molecule has 0 unspecified atom stereocenters. The number of aliphatic hydroxyl groups is 3. The fourth-order valence-corrected chi connectivity index (χ4v) is 6.89. The summed E-state index contributed by atoms with van der Waals surface area (Å²) < 4.78 is 5.24. The van der Waals surface area contributed by atoms with Crippen molar-refractivity contribution in [3.8, 4) is 11.5 Å². The zero-order valence-electron chi connectivity index (χ0n) is 25.1. The number of hydrogen-bond acceptors (Lipinski definition) is 12. The van der Waals surface area contributed by atoms with Gasteiger partial charge in [-0.2, -0.15) is 0 Å². The summed E-state index contributed by atoms with van der Waals surface area (Å²) in [6.45, 7) is -0.223. The van der Waals surface area contributed by atoms with Gasteiger partial charge in [0.05, 0.1) is 17.1 Å². The number of phenols is 1. The molecule has 1 saturated carbocycles. The molecule has 0 aliphatic heterocycles. The summed E-state index contributed by atoms with van der Waals surface area (Å²) in [7, 11) is 6.40. The zero-order valence-corrected chi connectivity index (χ0v) is 25.1. The SMILES string of the molecule is CN(C)c1cc(CNC(=O)Oc2ccccc2)c(O)c2c1C[C@H]1C[C@@]3(N)[C@H](N(C)C)C(=O)C(C(N)=O)=C(O)[C@@]3(O)C(=O)C1=C2O. The van der Waals surface area contributed by atoms with E-state index < -0.39 is 69.5 Å². The molecule has 45 heavy (non-hydrogen) atoms. The van der Waals surface area contributed by atoms with Crippen LogP contribution in [0.3, 0.4) is 0 Å². The number of amides is 2. The van der Waals surface area contributed by atoms with Gasteiger partial charge in [-0.15, -0.1) is 0 Å². The monoisotopic (exact) mass is 621 g/mol. The summed E-state index contributed by atoms with van der Waals surface area (Å²) >= 11 is 0. The molecular formula is C31H35N5O9. The molecular weight excluding hydrogens is 586 g/mol. The number of nitrogens with zero attached hydrogens (tertiary/aromatic N) is 2. The van der Waals surface area contributed by atoms with Crippen molar-refractivity contribution in [1.29, 1.82) is 0 Å². The van der Waals surface area contributed by atoms with Crippen molar-refractivity contribution < 1.29 is 44.3 Å². The van der Waals surface area contributed by atoms with Gasteiger partial charge in [0, 0.05) is 37.5 Å². The third-order valence-electron chi connectivity index (χ3n) is 8.83. The number of benzene rings is 2. The van der Waals surface area contributed by atoms with Crippen molar-refractivity contribution in [1.82, 2.24) is 10.2 Å². The van der Waals surface area contributed by atoms with Crippen molar-refractivity contribution in [2.24, 2.45) is 17.4 Å². The molecule has 0 aromatic heterocycles. The van der Waals surface area contributed by atoms with Crippen LogP contribution in [0, 0.1) is 5.92 Å². The van der Waals surface area contributed by atoms with Crippen LogP contribution in [0.2, 0.25) is 0 Å². The van der Waals surface area contributed by atoms with E-state index in [1.807, 2.05) is 0 Å². The molecule has 2 aromatic rings. The molecule has 3 aliphatic carbocycles. The number of phenolic OH excluding ortho intramolecular Hbond substituents is 1. The summed E-state index contributed by atoms with van der Waals surface area (Å²) in [6, 6.07) is 8.51. The number of ketones is 2. The number of aliphatic hydroxyl groups excluding tert-OH is 2. The Morgan fingerprint density at radius 3 is 2.31 bits per heavy atom. The highest BCUT2D eigenvalue weighted by atomic mass is 16.6. The molecule has 2 amide bonds. The van der Waals surface area contributed by atoms with E-state index in [1.54, 1.807) is 55.4 Å². The fourth-order valence-electron chi connectivity index (χ4n) is 6.89. The Morgan fingerprint density at radius 2 is 1.73 bits per heavy atom. The number of likely N-dealkylation sites (N-methyl/N-ethyl adjacent to an activating group) is 1. The van der Waals surface area contributed by atoms with E-state index in [0.29, 0.717) is 17.0 Å². The molecule has 238 valence electrons. The molecule has 4 atom stereocenters. The van der Waals surface area contributed by atoms with Crippen LogP contribution in [0.4, 0.5) is 10.5 Å². The Bertz CT molecular complexity index is 1700. The number of ether oxygens (including phenoxy) is 1. The number of para-hydroxylation sites is 1. The maximum atomic E-state index is 14.2. The van der Waals surface area contributed by atoms with Crippen molar-refractivity contribution in [2.75, 3.05) is 33.1 Å². The van der Waals surface area contributed by atoms with E-state index in [1.165, 1.54) is 19.0 Å². The van der Waals surface area contributed by atoms with E-state index in [4.69, 9.17) is 16.2 Å². The Kier molecular flexibility index (Phi) is 7.64. The summed E-state index contributed by atoms with van der Waals surface area (Å²) in [4.78, 5) is 55.3. The molecule has 0 bridgehead atoms. The topological polar surface area (TPSA) is 229 Å². The lowest BCUT2D eigenvalue weighted by Gasteiger charge is -2.56. The van der Waals surface area contributed by atoms with E-state index in [9.17, 15) is 39.6 Å². The molecule has 14 nitrogen and oxygen atoms in total. The highest BCUT2D eigenvalue weighted by molar-refractivity contribution is 6.25. The fraction of sp³-hybridized carbons (Fsp3) is 0.355. The number of hydrogen-bond donors (Lipinski definition) is 7. The Balaban J connectivity index is 1.62. The first-order chi connectivity index (χ1) is 21.1. The standard InChI is InChI=1S/C31H35N5O9/c1-35(2)18-11-15(13-34-29(43)45-16-8-6-5-7-9-16)22(37)20-17(18)10-14-12-30(33)25(36(3)4)24(39)21(28(32)42)27(41)31(30,44)26(40)19(14)23(20)38/h5-9,11,14,25,37-38,41,44H,10,12-13,33H2,1-4H3,(H2,32,42)(H,34,43)/t14-,25+,30+,31-/m0/s1. The first kappa shape index (κ1) is 31.5. The largest absolute Gasteiger partial charge is 0.508 e. The minimum Gasteiger partial charge on any atom is -0.508 e. The molecule has 2 aromatic carbocycles. The molecule has 0 radical (unpaired) electrons. The number of carbonyl (C=O) groups is 4. The number of aromatic hydroxyl groups is 1. The third kappa shape index (κ3) is 4.60. The second kappa shape index (κ2) is 10.9. The number of fused-ring (bicyclic) bond motifs is 3. The minimum absolute atomic E-state index is 0.0435. The quantitative estimate of drug-likeness (QED) is 0.217. The number of Topliss-reactive ketones (excluding diaryl/α,β-unsaturated/α-hetero) is 2. The number of nitrogens with two attached hydrogens (primary N) is 2. The summed E-state index contributed by atoms with van der Waals surface area (Å²) in [6.07, 6.45) is -1.03. The first-order valence-electron chi connectivity index (χ1n) is 14.1. The van der Waals surface area contributed by atoms with Crippen LogP contribution in [0.1, 0.15) is 23.1 Å². The van der Waals surface area contributed by atoms with Gasteiger partial charge < -0.3 is 46.8 Å². The van der Waals surface area contributed by atoms with Crippen molar-refractivity contribution in [3.63, 3.8) is 0 Å². The van der Waals surface area contributed by atoms with Crippen LogP contribution >= 0.6 is 0 Å². The van der Waals surface area contributed by atoms with E-state index in [0.717, 1.165) is 0 Å². The lowest BCUT2D eigenvalue weighted by Crippen LogP contribution is -2.80. The van der Waals surface area contributed by atoms with Gasteiger partial charge in [-0.1, -0.05) is 18.2 Å². The molecule has 3 aliphatic rings. The Morgan fingerprint density at radius 1 is 1.09 bits per heavy atom. The van der Waals surface area contributed by atoms with Gasteiger partial charge in [0.1, 0.15) is 22.8 Å². The highest BCUT2D eigenvalue weighted by Crippen LogP contribution is 2.54. The normalized spacial score (nSPS) is 25.8. The number of carbonyl (C=O) groups excluding carboxylic acids is 4. The zero-order chi connectivity index (χ0) is 33.2. The van der Waals surface area contributed by atoms with Gasteiger partial charge in [-0.25, -0.2) is 4.79 Å². The van der Waals surface area contributed by atoms with Crippen molar-refractivity contribution in [2.45, 2.75) is 36.6 Å². The number of anilines is 1. The predicted octanol–water partition coefficient (Wildman–Crippen LogP) is 0.400. The third-order valence-corrected chi connectivity index (χ3v) is 8.83. The molecule has 1 fully saturated rings. The van der Waals surface area contributed by atoms with E-state index in [-0.39, 0.29) is 36.1 Å². The molecule has 0 heterocycles. The van der Waals surface area contributed by atoms with Gasteiger partial charge in [0.15, 0.2) is 11.5 Å². The Hall–Kier alpha value is -4.92. The van der Waals surface area contributed by atoms with Crippen LogP contribution in [-0.4, -0.2) is 94.3 Å². The minimum atomic E-state index is -3.02. The van der Waals surface area contributed by atoms with Crippen molar-refractivity contribution in [3.05, 3.63) is 70.0 Å². The number of primary amides is 1. The first-order valence-corrected chi connectivity index (χ1v) is 14.1. The van der Waals surface area contributed by atoms with Gasteiger partial charge in [0.25, 0.3) is 5.91 Å². The average molecular weight is 622 g/mol. The molecule has 14 heteroatoms. The lowest BCUT2D eigenvalue weighted by atomic mass is 9.53. The molecule has 0 saturated heterocycles. The molecule has 5 rings (SSSR count). The van der Waals surface area contributed by atoms with Gasteiger partial charge in [0.2, 0.25) is 11.4 Å².